The maximum absolute atomic E-state index is 10.3. The van der Waals surface area contributed by atoms with Crippen molar-refractivity contribution in [1.82, 2.24) is 0 Å². The summed E-state index contributed by atoms with van der Waals surface area (Å²) in [6, 6.07) is 11.2. The minimum absolute atomic E-state index is 0.163. The highest BCUT2D eigenvalue weighted by Crippen LogP contribution is 2.35. The normalized spacial score (nSPS) is 10.1. The molecule has 0 bridgehead atoms. The molecule has 0 unspecified atom stereocenters. The molecular weight excluding hydrogens is 284 g/mol. The highest BCUT2D eigenvalue weighted by Gasteiger charge is 2.12. The molecule has 1 N–H and O–H groups in total. The van der Waals surface area contributed by atoms with Gasteiger partial charge in [0.2, 0.25) is 0 Å². The Bertz CT molecular complexity index is 751. The zero-order chi connectivity index (χ0) is 16.8. The van der Waals surface area contributed by atoms with Gasteiger partial charge in [-0.1, -0.05) is 43.2 Å². The van der Waals surface area contributed by atoms with Crippen molar-refractivity contribution in [2.24, 2.45) is 0 Å². The van der Waals surface area contributed by atoms with Gasteiger partial charge < -0.3 is 9.84 Å². The minimum atomic E-state index is 0.163. The van der Waals surface area contributed by atoms with Crippen molar-refractivity contribution in [3.63, 3.8) is 0 Å². The highest BCUT2D eigenvalue weighted by molar-refractivity contribution is 5.77. The van der Waals surface area contributed by atoms with Gasteiger partial charge in [0.15, 0.2) is 0 Å². The van der Waals surface area contributed by atoms with E-state index in [-0.39, 0.29) is 5.75 Å². The van der Waals surface area contributed by atoms with Gasteiger partial charge in [0.25, 0.3) is 0 Å². The van der Waals surface area contributed by atoms with Gasteiger partial charge in [0.05, 0.1) is 7.11 Å². The number of allylic oxidation sites excluding steroid dienone is 1. The van der Waals surface area contributed by atoms with Crippen LogP contribution in [0, 0.1) is 12.3 Å². The average molecular weight is 306 g/mol. The van der Waals surface area contributed by atoms with Gasteiger partial charge in [-0.2, -0.15) is 0 Å². The molecule has 0 radical (unpaired) electrons. The number of rotatable bonds is 6. The molecule has 0 atom stereocenters. The van der Waals surface area contributed by atoms with Gasteiger partial charge >= 0.3 is 0 Å². The number of aryl methyl sites for hydroxylation is 1. The minimum Gasteiger partial charge on any atom is -0.507 e. The van der Waals surface area contributed by atoms with Crippen LogP contribution in [0.25, 0.3) is 11.1 Å². The number of terminal acetylenes is 1. The van der Waals surface area contributed by atoms with Crippen molar-refractivity contribution in [3.8, 4) is 35.0 Å². The van der Waals surface area contributed by atoms with E-state index in [1.54, 1.807) is 13.2 Å². The van der Waals surface area contributed by atoms with E-state index in [1.165, 1.54) is 5.57 Å². The fraction of sp³-hybridized carbons (Fsp3) is 0.238. The molecular formula is C21H22O2. The number of phenolic OH excluding ortho intramolecular Hbond substituents is 1. The molecule has 0 fully saturated rings. The third-order valence-electron chi connectivity index (χ3n) is 4.04. The van der Waals surface area contributed by atoms with Gasteiger partial charge in [-0.05, 0) is 37.0 Å². The molecule has 2 aromatic carbocycles. The number of ether oxygens (including phenoxy) is 1. The van der Waals surface area contributed by atoms with Crippen molar-refractivity contribution < 1.29 is 9.84 Å². The molecule has 0 heterocycles. The van der Waals surface area contributed by atoms with Crippen LogP contribution in [0.2, 0.25) is 0 Å². The summed E-state index contributed by atoms with van der Waals surface area (Å²) < 4.78 is 5.13. The topological polar surface area (TPSA) is 29.5 Å². The molecule has 0 saturated heterocycles. The van der Waals surface area contributed by atoms with Gasteiger partial charge in [-0.3, -0.25) is 0 Å². The van der Waals surface area contributed by atoms with Crippen molar-refractivity contribution in [1.29, 1.82) is 0 Å². The first kappa shape index (κ1) is 16.7. The Kier molecular flexibility index (Phi) is 5.49. The second-order valence-electron chi connectivity index (χ2n) is 5.47. The third-order valence-corrected chi connectivity index (χ3v) is 4.04. The third kappa shape index (κ3) is 3.76. The van der Waals surface area contributed by atoms with Crippen LogP contribution < -0.4 is 4.74 Å². The molecule has 0 aliphatic carbocycles. The van der Waals surface area contributed by atoms with E-state index in [2.05, 4.69) is 19.4 Å². The lowest BCUT2D eigenvalue weighted by atomic mass is 9.92. The number of phenols is 1. The predicted molar refractivity (Wildman–Crippen MR) is 95.8 cm³/mol. The lowest BCUT2D eigenvalue weighted by Gasteiger charge is -2.13. The number of hydrogen-bond donors (Lipinski definition) is 1. The number of hydrogen-bond acceptors (Lipinski definition) is 2. The zero-order valence-corrected chi connectivity index (χ0v) is 13.7. The first-order chi connectivity index (χ1) is 11.1. The quantitative estimate of drug-likeness (QED) is 0.604. The Balaban J connectivity index is 2.44. The Labute approximate surface area is 138 Å². The molecule has 0 amide bonds. The molecule has 2 aromatic rings. The second-order valence-corrected chi connectivity index (χ2v) is 5.47. The van der Waals surface area contributed by atoms with Gasteiger partial charge in [-0.15, -0.1) is 6.42 Å². The standard InChI is InChI=1S/C21H22O2/c1-5-15(3)10-11-16-8-7-9-19(18(16)6-2)20-13-12-17(23-4)14-21(20)22/h2,7-9,12-14,22H,3,5,10-11H2,1,4H3. The number of benzene rings is 2. The molecule has 0 saturated carbocycles. The van der Waals surface area contributed by atoms with Gasteiger partial charge in [-0.25, -0.2) is 0 Å². The Morgan fingerprint density at radius 2 is 2.04 bits per heavy atom. The van der Waals surface area contributed by atoms with Crippen LogP contribution in [0.3, 0.4) is 0 Å². The summed E-state index contributed by atoms with van der Waals surface area (Å²) in [6.07, 6.45) is 8.51. The van der Waals surface area contributed by atoms with Crippen molar-refractivity contribution >= 4 is 0 Å². The van der Waals surface area contributed by atoms with Crippen LogP contribution in [0.15, 0.2) is 48.6 Å². The summed E-state index contributed by atoms with van der Waals surface area (Å²) in [4.78, 5) is 0. The SMILES string of the molecule is C#Cc1c(CCC(=C)CC)cccc1-c1ccc(OC)cc1O. The van der Waals surface area contributed by atoms with Crippen molar-refractivity contribution in [2.45, 2.75) is 26.2 Å². The van der Waals surface area contributed by atoms with E-state index >= 15 is 0 Å². The summed E-state index contributed by atoms with van der Waals surface area (Å²) in [5.74, 6) is 3.57. The van der Waals surface area contributed by atoms with Crippen LogP contribution in [0.5, 0.6) is 11.5 Å². The summed E-state index contributed by atoms with van der Waals surface area (Å²) in [5.41, 5.74) is 4.74. The number of methoxy groups -OCH3 is 1. The molecule has 2 nitrogen and oxygen atoms in total. The first-order valence-corrected chi connectivity index (χ1v) is 7.73. The lowest BCUT2D eigenvalue weighted by molar-refractivity contribution is 0.408. The molecule has 0 aromatic heterocycles. The molecule has 118 valence electrons. The molecule has 2 rings (SSSR count). The van der Waals surface area contributed by atoms with E-state index in [1.807, 2.05) is 30.3 Å². The fourth-order valence-electron chi connectivity index (χ4n) is 2.56. The highest BCUT2D eigenvalue weighted by atomic mass is 16.5. The predicted octanol–water partition coefficient (Wildman–Crippen LogP) is 4.95. The van der Waals surface area contributed by atoms with Crippen LogP contribution in [-0.2, 0) is 6.42 Å². The van der Waals surface area contributed by atoms with Crippen LogP contribution in [0.1, 0.15) is 30.9 Å². The lowest BCUT2D eigenvalue weighted by Crippen LogP contribution is -1.95. The van der Waals surface area contributed by atoms with Crippen LogP contribution in [0.4, 0.5) is 0 Å². The second kappa shape index (κ2) is 7.56. The maximum atomic E-state index is 10.3. The summed E-state index contributed by atoms with van der Waals surface area (Å²) in [6.45, 7) is 6.16. The molecule has 0 aliphatic rings. The first-order valence-electron chi connectivity index (χ1n) is 7.73. The Morgan fingerprint density at radius 3 is 2.65 bits per heavy atom. The Hall–Kier alpha value is -2.66. The van der Waals surface area contributed by atoms with Gasteiger partial charge in [0.1, 0.15) is 11.5 Å². The van der Waals surface area contributed by atoms with E-state index in [4.69, 9.17) is 11.2 Å². The summed E-state index contributed by atoms with van der Waals surface area (Å²) in [5, 5.41) is 10.3. The smallest absolute Gasteiger partial charge is 0.127 e. The van der Waals surface area contributed by atoms with Crippen molar-refractivity contribution in [2.75, 3.05) is 7.11 Å². The van der Waals surface area contributed by atoms with Crippen LogP contribution in [-0.4, -0.2) is 12.2 Å². The fourth-order valence-corrected chi connectivity index (χ4v) is 2.56. The van der Waals surface area contributed by atoms with E-state index in [0.717, 1.165) is 41.5 Å². The molecule has 0 aliphatic heterocycles. The average Bonchev–Trinajstić information content (AvgIpc) is 2.58. The Morgan fingerprint density at radius 1 is 1.26 bits per heavy atom. The summed E-state index contributed by atoms with van der Waals surface area (Å²) >= 11 is 0. The largest absolute Gasteiger partial charge is 0.507 e. The van der Waals surface area contributed by atoms with E-state index in [9.17, 15) is 5.11 Å². The van der Waals surface area contributed by atoms with Crippen molar-refractivity contribution in [3.05, 3.63) is 59.7 Å². The van der Waals surface area contributed by atoms with E-state index in [0.29, 0.717) is 5.75 Å². The van der Waals surface area contributed by atoms with Crippen LogP contribution >= 0.6 is 0 Å². The molecule has 0 spiro atoms. The van der Waals surface area contributed by atoms with Gasteiger partial charge in [0, 0.05) is 22.8 Å². The summed E-state index contributed by atoms with van der Waals surface area (Å²) in [7, 11) is 1.57. The molecule has 23 heavy (non-hydrogen) atoms. The van der Waals surface area contributed by atoms with E-state index < -0.39 is 0 Å². The zero-order valence-electron chi connectivity index (χ0n) is 13.7. The maximum Gasteiger partial charge on any atom is 0.127 e. The molecule has 2 heteroatoms. The monoisotopic (exact) mass is 306 g/mol. The number of aromatic hydroxyl groups is 1.